The van der Waals surface area contributed by atoms with Crippen molar-refractivity contribution >= 4 is 17.3 Å². The fourth-order valence-electron chi connectivity index (χ4n) is 1.91. The maximum absolute atomic E-state index is 12.8. The SMILES string of the molecule is CCNC(=NCc1nccn1C(F)F)NCc1nc(C)c(C)s1. The molecule has 0 unspecified atom stereocenters. The van der Waals surface area contributed by atoms with Crippen LogP contribution >= 0.6 is 11.3 Å². The molecule has 0 saturated heterocycles. The van der Waals surface area contributed by atoms with Crippen LogP contribution < -0.4 is 10.6 Å². The number of rotatable bonds is 6. The lowest BCUT2D eigenvalue weighted by Gasteiger charge is -2.10. The second-order valence-corrected chi connectivity index (χ2v) is 6.11. The van der Waals surface area contributed by atoms with E-state index in [-0.39, 0.29) is 12.4 Å². The molecule has 0 aromatic carbocycles. The molecular weight excluding hydrogens is 322 g/mol. The summed E-state index contributed by atoms with van der Waals surface area (Å²) in [7, 11) is 0. The Morgan fingerprint density at radius 3 is 2.78 bits per heavy atom. The Morgan fingerprint density at radius 1 is 1.39 bits per heavy atom. The largest absolute Gasteiger partial charge is 0.357 e. The van der Waals surface area contributed by atoms with Crippen LogP contribution in [0.5, 0.6) is 0 Å². The standard InChI is InChI=1S/C14H20F2N6S/c1-4-17-14(20-8-12-21-9(2)10(3)23-12)19-7-11-18-5-6-22(11)13(15)16/h5-6,13H,4,7-8H2,1-3H3,(H2,17,19,20). The van der Waals surface area contributed by atoms with Gasteiger partial charge in [0.25, 0.3) is 0 Å². The van der Waals surface area contributed by atoms with Crippen molar-refractivity contribution in [1.29, 1.82) is 0 Å². The monoisotopic (exact) mass is 342 g/mol. The number of hydrogen-bond donors (Lipinski definition) is 2. The van der Waals surface area contributed by atoms with Gasteiger partial charge in [0, 0.05) is 23.8 Å². The number of guanidine groups is 1. The van der Waals surface area contributed by atoms with Gasteiger partial charge < -0.3 is 10.6 Å². The predicted molar refractivity (Wildman–Crippen MR) is 86.7 cm³/mol. The van der Waals surface area contributed by atoms with Gasteiger partial charge in [0.15, 0.2) is 5.96 Å². The zero-order valence-corrected chi connectivity index (χ0v) is 14.1. The molecule has 0 aliphatic rings. The van der Waals surface area contributed by atoms with Crippen LogP contribution in [-0.4, -0.2) is 27.0 Å². The molecule has 2 heterocycles. The van der Waals surface area contributed by atoms with Crippen LogP contribution in [0.15, 0.2) is 17.4 Å². The maximum Gasteiger partial charge on any atom is 0.319 e. The van der Waals surface area contributed by atoms with Crippen LogP contribution in [0.4, 0.5) is 8.78 Å². The number of thiazole rings is 1. The van der Waals surface area contributed by atoms with E-state index in [2.05, 4.69) is 25.6 Å². The van der Waals surface area contributed by atoms with Crippen molar-refractivity contribution in [3.05, 3.63) is 33.8 Å². The van der Waals surface area contributed by atoms with Gasteiger partial charge in [-0.2, -0.15) is 8.78 Å². The number of aryl methyl sites for hydroxylation is 2. The molecular formula is C14H20F2N6S. The maximum atomic E-state index is 12.8. The first-order valence-corrected chi connectivity index (χ1v) is 8.07. The van der Waals surface area contributed by atoms with E-state index in [0.29, 0.717) is 19.0 Å². The number of nitrogens with zero attached hydrogens (tertiary/aromatic N) is 4. The highest BCUT2D eigenvalue weighted by molar-refractivity contribution is 7.11. The Hall–Kier alpha value is -2.03. The van der Waals surface area contributed by atoms with Crippen molar-refractivity contribution in [1.82, 2.24) is 25.2 Å². The lowest BCUT2D eigenvalue weighted by atomic mass is 10.4. The fraction of sp³-hybridized carbons (Fsp3) is 0.500. The lowest BCUT2D eigenvalue weighted by molar-refractivity contribution is 0.0671. The molecule has 0 fully saturated rings. The first-order chi connectivity index (χ1) is 11.0. The van der Waals surface area contributed by atoms with Gasteiger partial charge in [-0.1, -0.05) is 0 Å². The third-order valence-corrected chi connectivity index (χ3v) is 4.23. The summed E-state index contributed by atoms with van der Waals surface area (Å²) in [6.45, 7) is 4.61. The van der Waals surface area contributed by atoms with Gasteiger partial charge in [0.1, 0.15) is 17.4 Å². The molecule has 0 bridgehead atoms. The Bertz CT molecular complexity index is 645. The van der Waals surface area contributed by atoms with Crippen molar-refractivity contribution in [2.45, 2.75) is 40.4 Å². The van der Waals surface area contributed by atoms with Gasteiger partial charge in [-0.05, 0) is 20.8 Å². The molecule has 6 nitrogen and oxygen atoms in total. The van der Waals surface area contributed by atoms with Gasteiger partial charge in [0.05, 0.1) is 12.2 Å². The van der Waals surface area contributed by atoms with Crippen LogP contribution in [0.25, 0.3) is 0 Å². The normalized spacial score (nSPS) is 12.0. The number of aromatic nitrogens is 3. The zero-order chi connectivity index (χ0) is 16.8. The van der Waals surface area contributed by atoms with Crippen LogP contribution in [0, 0.1) is 13.8 Å². The quantitative estimate of drug-likeness (QED) is 0.625. The lowest BCUT2D eigenvalue weighted by Crippen LogP contribution is -2.36. The molecule has 23 heavy (non-hydrogen) atoms. The summed E-state index contributed by atoms with van der Waals surface area (Å²) in [5, 5.41) is 7.19. The number of alkyl halides is 2. The van der Waals surface area contributed by atoms with E-state index in [0.717, 1.165) is 15.3 Å². The number of aliphatic imine (C=N–C) groups is 1. The van der Waals surface area contributed by atoms with E-state index < -0.39 is 6.55 Å². The van der Waals surface area contributed by atoms with Crippen molar-refractivity contribution < 1.29 is 8.78 Å². The van der Waals surface area contributed by atoms with E-state index in [9.17, 15) is 8.78 Å². The molecule has 126 valence electrons. The molecule has 2 aromatic rings. The highest BCUT2D eigenvalue weighted by Gasteiger charge is 2.11. The number of halogens is 2. The van der Waals surface area contributed by atoms with Crippen LogP contribution in [-0.2, 0) is 13.1 Å². The number of imidazole rings is 1. The average Bonchev–Trinajstić information content (AvgIpc) is 3.09. The highest BCUT2D eigenvalue weighted by atomic mass is 32.1. The van der Waals surface area contributed by atoms with Gasteiger partial charge in [-0.15, -0.1) is 11.3 Å². The van der Waals surface area contributed by atoms with E-state index in [1.165, 1.54) is 17.3 Å². The molecule has 0 aliphatic heterocycles. The minimum absolute atomic E-state index is 0.0720. The number of nitrogens with one attached hydrogen (secondary N) is 2. The van der Waals surface area contributed by atoms with Crippen LogP contribution in [0.2, 0.25) is 0 Å². The molecule has 2 N–H and O–H groups in total. The topological polar surface area (TPSA) is 67.1 Å². The van der Waals surface area contributed by atoms with Gasteiger partial charge in [-0.3, -0.25) is 4.57 Å². The summed E-state index contributed by atoms with van der Waals surface area (Å²) in [6.07, 6.45) is 2.59. The van der Waals surface area contributed by atoms with E-state index in [1.54, 1.807) is 11.3 Å². The number of hydrogen-bond acceptors (Lipinski definition) is 4. The van der Waals surface area contributed by atoms with E-state index in [1.807, 2.05) is 20.8 Å². The molecule has 2 aromatic heterocycles. The van der Waals surface area contributed by atoms with Crippen molar-refractivity contribution in [3.8, 4) is 0 Å². The Labute approximate surface area is 137 Å². The summed E-state index contributed by atoms with van der Waals surface area (Å²) in [5.74, 6) is 0.764. The predicted octanol–water partition coefficient (Wildman–Crippen LogP) is 2.61. The first kappa shape index (κ1) is 17.3. The molecule has 0 amide bonds. The summed E-state index contributed by atoms with van der Waals surface area (Å²) < 4.78 is 26.4. The van der Waals surface area contributed by atoms with Crippen molar-refractivity contribution in [3.63, 3.8) is 0 Å². The molecule has 2 rings (SSSR count). The second-order valence-electron chi connectivity index (χ2n) is 4.83. The molecule has 9 heteroatoms. The highest BCUT2D eigenvalue weighted by Crippen LogP contribution is 2.16. The molecule has 0 saturated carbocycles. The first-order valence-electron chi connectivity index (χ1n) is 7.26. The minimum Gasteiger partial charge on any atom is -0.357 e. The molecule has 0 spiro atoms. The molecule has 0 aliphatic carbocycles. The Morgan fingerprint density at radius 2 is 2.17 bits per heavy atom. The second kappa shape index (κ2) is 8.00. The van der Waals surface area contributed by atoms with Gasteiger partial charge in [0.2, 0.25) is 0 Å². The molecule has 0 atom stereocenters. The van der Waals surface area contributed by atoms with Crippen LogP contribution in [0.1, 0.15) is 34.9 Å². The van der Waals surface area contributed by atoms with Gasteiger partial charge >= 0.3 is 6.55 Å². The molecule has 0 radical (unpaired) electrons. The summed E-state index contributed by atoms with van der Waals surface area (Å²) in [5.41, 5.74) is 1.02. The minimum atomic E-state index is -2.61. The summed E-state index contributed by atoms with van der Waals surface area (Å²) in [4.78, 5) is 13.8. The van der Waals surface area contributed by atoms with Crippen LogP contribution in [0.3, 0.4) is 0 Å². The summed E-state index contributed by atoms with van der Waals surface area (Å²) in [6, 6.07) is 0. The third-order valence-electron chi connectivity index (χ3n) is 3.16. The Kier molecular flexibility index (Phi) is 6.03. The Balaban J connectivity index is 2.00. The van der Waals surface area contributed by atoms with Gasteiger partial charge in [-0.25, -0.2) is 15.0 Å². The van der Waals surface area contributed by atoms with E-state index >= 15 is 0 Å². The summed E-state index contributed by atoms with van der Waals surface area (Å²) >= 11 is 1.62. The van der Waals surface area contributed by atoms with Crippen molar-refractivity contribution in [2.24, 2.45) is 4.99 Å². The third kappa shape index (κ3) is 4.72. The fourth-order valence-corrected chi connectivity index (χ4v) is 2.78. The van der Waals surface area contributed by atoms with E-state index in [4.69, 9.17) is 0 Å². The smallest absolute Gasteiger partial charge is 0.319 e. The zero-order valence-electron chi connectivity index (χ0n) is 13.3. The van der Waals surface area contributed by atoms with Crippen molar-refractivity contribution in [2.75, 3.05) is 6.54 Å². The average molecular weight is 342 g/mol.